The Morgan fingerprint density at radius 3 is 2.81 bits per heavy atom. The van der Waals surface area contributed by atoms with E-state index in [0.29, 0.717) is 35.0 Å². The average Bonchev–Trinajstić information content (AvgIpc) is 3.52. The fourth-order valence-corrected chi connectivity index (χ4v) is 3.17. The number of aromatic nitrogens is 4. The second kappa shape index (κ2) is 8.73. The third-order valence-corrected chi connectivity index (χ3v) is 5.16. The number of hydrogen-bond acceptors (Lipinski definition) is 7. The molecule has 1 aliphatic carbocycles. The van der Waals surface area contributed by atoms with Crippen molar-refractivity contribution in [2.24, 2.45) is 5.92 Å². The number of aryl methyl sites for hydroxylation is 1. The lowest BCUT2D eigenvalue weighted by molar-refractivity contribution is -0.117. The summed E-state index contributed by atoms with van der Waals surface area (Å²) in [5.74, 6) is -0.116. The molecule has 3 heterocycles. The highest BCUT2D eigenvalue weighted by molar-refractivity contribution is 5.94. The molecule has 0 aromatic carbocycles. The van der Waals surface area contributed by atoms with Crippen LogP contribution in [0.2, 0.25) is 0 Å². The summed E-state index contributed by atoms with van der Waals surface area (Å²) in [6.07, 6.45) is 3.83. The molecule has 3 N–H and O–H groups in total. The van der Waals surface area contributed by atoms with E-state index < -0.39 is 18.2 Å². The van der Waals surface area contributed by atoms with E-state index in [0.717, 1.165) is 11.3 Å². The fourth-order valence-electron chi connectivity index (χ4n) is 3.17. The molecule has 0 bridgehead atoms. The highest BCUT2D eigenvalue weighted by atomic mass is 19.1. The molecule has 1 saturated carbocycles. The predicted octanol–water partition coefficient (Wildman–Crippen LogP) is 3.73. The van der Waals surface area contributed by atoms with Gasteiger partial charge in [0, 0.05) is 17.8 Å². The summed E-state index contributed by atoms with van der Waals surface area (Å²) >= 11 is 0. The Balaban J connectivity index is 1.58. The number of aliphatic hydroxyl groups is 1. The number of hydrogen-bond donors (Lipinski definition) is 3. The molecule has 0 aliphatic heterocycles. The highest BCUT2D eigenvalue weighted by Crippen LogP contribution is 2.35. The number of halogens is 1. The summed E-state index contributed by atoms with van der Waals surface area (Å²) in [5.41, 5.74) is 3.53. The van der Waals surface area contributed by atoms with Gasteiger partial charge in [-0.15, -0.1) is 0 Å². The van der Waals surface area contributed by atoms with Crippen molar-refractivity contribution >= 4 is 23.2 Å². The molecule has 0 spiro atoms. The molecule has 1 amide bonds. The maximum Gasteiger partial charge on any atom is 0.231 e. The highest BCUT2D eigenvalue weighted by Gasteiger charge is 2.43. The predicted molar refractivity (Wildman–Crippen MR) is 114 cm³/mol. The van der Waals surface area contributed by atoms with Crippen LogP contribution in [-0.4, -0.2) is 37.1 Å². The molecular formula is C22H23FN6O2. The number of nitrogens with zero attached hydrogens (tertiary/aromatic N) is 4. The summed E-state index contributed by atoms with van der Waals surface area (Å²) in [4.78, 5) is 29.1. The Hall–Kier alpha value is -3.46. The van der Waals surface area contributed by atoms with Crippen LogP contribution in [0.3, 0.4) is 0 Å². The third kappa shape index (κ3) is 4.66. The van der Waals surface area contributed by atoms with Gasteiger partial charge in [-0.2, -0.15) is 0 Å². The summed E-state index contributed by atoms with van der Waals surface area (Å²) in [6.45, 7) is 3.82. The van der Waals surface area contributed by atoms with E-state index in [1.165, 1.54) is 6.33 Å². The van der Waals surface area contributed by atoms with Crippen molar-refractivity contribution in [2.45, 2.75) is 39.0 Å². The van der Waals surface area contributed by atoms with Crippen molar-refractivity contribution in [1.29, 1.82) is 0 Å². The first-order valence-electron chi connectivity index (χ1n) is 10.1. The van der Waals surface area contributed by atoms with Crippen LogP contribution >= 0.6 is 0 Å². The molecule has 0 unspecified atom stereocenters. The first-order valence-corrected chi connectivity index (χ1v) is 10.1. The zero-order chi connectivity index (χ0) is 22.0. The Morgan fingerprint density at radius 1 is 1.29 bits per heavy atom. The number of nitrogens with one attached hydrogen (secondary N) is 2. The van der Waals surface area contributed by atoms with E-state index in [4.69, 9.17) is 0 Å². The van der Waals surface area contributed by atoms with E-state index in [1.54, 1.807) is 24.5 Å². The largest absolute Gasteiger partial charge is 0.387 e. The van der Waals surface area contributed by atoms with Crippen molar-refractivity contribution < 1.29 is 14.3 Å². The molecule has 0 saturated heterocycles. The number of carbonyl (C=O) groups is 1. The molecule has 4 rings (SSSR count). The number of alkyl halides is 1. The molecule has 3 atom stereocenters. The smallest absolute Gasteiger partial charge is 0.231 e. The lowest BCUT2D eigenvalue weighted by Gasteiger charge is -2.14. The molecule has 31 heavy (non-hydrogen) atoms. The van der Waals surface area contributed by atoms with E-state index in [1.807, 2.05) is 26.0 Å². The monoisotopic (exact) mass is 422 g/mol. The van der Waals surface area contributed by atoms with Gasteiger partial charge in [0.2, 0.25) is 5.91 Å². The normalized spacial score (nSPS) is 18.3. The van der Waals surface area contributed by atoms with Gasteiger partial charge in [-0.05, 0) is 43.5 Å². The van der Waals surface area contributed by atoms with Crippen molar-refractivity contribution in [2.75, 3.05) is 10.6 Å². The quantitative estimate of drug-likeness (QED) is 0.532. The first kappa shape index (κ1) is 20.8. The zero-order valence-electron chi connectivity index (χ0n) is 17.2. The second-order valence-corrected chi connectivity index (χ2v) is 7.51. The number of carbonyl (C=O) groups excluding carboxylic acids is 1. The van der Waals surface area contributed by atoms with Gasteiger partial charge in [0.15, 0.2) is 0 Å². The van der Waals surface area contributed by atoms with Crippen LogP contribution in [0.4, 0.5) is 21.7 Å². The SMILES string of the molecule is CC[C@H](O)c1cc(C)c(Nc2ncccc2-c2cc(NC(=O)[C@@H]3C[C@@H]3F)ncn2)cn1. The van der Waals surface area contributed by atoms with Crippen molar-refractivity contribution in [3.05, 3.63) is 54.2 Å². The van der Waals surface area contributed by atoms with E-state index >= 15 is 0 Å². The van der Waals surface area contributed by atoms with Gasteiger partial charge in [-0.25, -0.2) is 19.3 Å². The van der Waals surface area contributed by atoms with Crippen molar-refractivity contribution in [1.82, 2.24) is 19.9 Å². The van der Waals surface area contributed by atoms with Crippen molar-refractivity contribution in [3.8, 4) is 11.3 Å². The van der Waals surface area contributed by atoms with Gasteiger partial charge in [0.1, 0.15) is 24.1 Å². The number of anilines is 3. The van der Waals surface area contributed by atoms with Crippen LogP contribution in [0.15, 0.2) is 43.0 Å². The number of amides is 1. The standard InChI is InChI=1S/C22H23FN6O2/c1-3-19(30)17-7-12(2)18(10-25-17)28-21-13(5-4-6-24-21)16-9-20(27-11-26-16)29-22(31)14-8-15(14)23/h4-7,9-11,14-15,19,30H,3,8H2,1-2H3,(H,24,28)(H,26,27,29,31)/t14-,15+,19+/m1/s1. The molecule has 1 aliphatic rings. The van der Waals surface area contributed by atoms with Crippen LogP contribution in [0.25, 0.3) is 11.3 Å². The van der Waals surface area contributed by atoms with Gasteiger partial charge in [0.25, 0.3) is 0 Å². The van der Waals surface area contributed by atoms with Crippen LogP contribution in [0.5, 0.6) is 0 Å². The summed E-state index contributed by atoms with van der Waals surface area (Å²) < 4.78 is 13.1. The van der Waals surface area contributed by atoms with Crippen LogP contribution in [-0.2, 0) is 4.79 Å². The molecule has 8 nitrogen and oxygen atoms in total. The molecular weight excluding hydrogens is 399 g/mol. The molecule has 0 radical (unpaired) electrons. The molecule has 3 aromatic heterocycles. The van der Waals surface area contributed by atoms with Gasteiger partial charge < -0.3 is 15.7 Å². The van der Waals surface area contributed by atoms with Crippen LogP contribution in [0, 0.1) is 12.8 Å². The number of aliphatic hydroxyl groups excluding tert-OH is 1. The lowest BCUT2D eigenvalue weighted by Crippen LogP contribution is -2.16. The first-order chi connectivity index (χ1) is 15.0. The van der Waals surface area contributed by atoms with Gasteiger partial charge >= 0.3 is 0 Å². The Labute approximate surface area is 179 Å². The fraction of sp³-hybridized carbons (Fsp3) is 0.318. The molecule has 3 aromatic rings. The number of rotatable bonds is 7. The average molecular weight is 422 g/mol. The van der Waals surface area contributed by atoms with Gasteiger partial charge in [-0.3, -0.25) is 9.78 Å². The number of pyridine rings is 2. The van der Waals surface area contributed by atoms with Crippen LogP contribution in [0.1, 0.15) is 37.1 Å². The topological polar surface area (TPSA) is 113 Å². The summed E-state index contributed by atoms with van der Waals surface area (Å²) in [5, 5.41) is 15.9. The molecule has 1 fully saturated rings. The maximum atomic E-state index is 13.1. The molecule has 9 heteroatoms. The Bertz CT molecular complexity index is 1110. The van der Waals surface area contributed by atoms with E-state index in [9.17, 15) is 14.3 Å². The van der Waals surface area contributed by atoms with E-state index in [2.05, 4.69) is 30.6 Å². The minimum atomic E-state index is -1.07. The Kier molecular flexibility index (Phi) is 5.85. The maximum absolute atomic E-state index is 13.1. The Morgan fingerprint density at radius 2 is 2.10 bits per heavy atom. The zero-order valence-corrected chi connectivity index (χ0v) is 17.2. The van der Waals surface area contributed by atoms with Gasteiger partial charge in [0.05, 0.1) is 35.3 Å². The van der Waals surface area contributed by atoms with E-state index in [-0.39, 0.29) is 12.3 Å². The minimum absolute atomic E-state index is 0.252. The lowest BCUT2D eigenvalue weighted by atomic mass is 10.1. The third-order valence-electron chi connectivity index (χ3n) is 5.16. The minimum Gasteiger partial charge on any atom is -0.387 e. The van der Waals surface area contributed by atoms with Crippen molar-refractivity contribution in [3.63, 3.8) is 0 Å². The second-order valence-electron chi connectivity index (χ2n) is 7.51. The summed E-state index contributed by atoms with van der Waals surface area (Å²) in [6, 6.07) is 7.10. The molecule has 160 valence electrons. The summed E-state index contributed by atoms with van der Waals surface area (Å²) in [7, 11) is 0. The van der Waals surface area contributed by atoms with Gasteiger partial charge in [-0.1, -0.05) is 6.92 Å². The van der Waals surface area contributed by atoms with Crippen LogP contribution < -0.4 is 10.6 Å².